The van der Waals surface area contributed by atoms with Gasteiger partial charge in [0.2, 0.25) is 5.91 Å². The number of urea groups is 1. The molecule has 0 aromatic heterocycles. The van der Waals surface area contributed by atoms with Crippen molar-refractivity contribution in [2.24, 2.45) is 11.7 Å². The first-order valence-corrected chi connectivity index (χ1v) is 10.5. The lowest BCUT2D eigenvalue weighted by molar-refractivity contribution is -0.154. The van der Waals surface area contributed by atoms with Crippen molar-refractivity contribution < 1.29 is 40.4 Å². The summed E-state index contributed by atoms with van der Waals surface area (Å²) >= 11 is 0. The number of carbonyl (C=O) groups is 3. The molecule has 0 radical (unpaired) electrons. The molecule has 2 unspecified atom stereocenters. The number of ketones is 1. The van der Waals surface area contributed by atoms with E-state index in [9.17, 15) is 31.6 Å². The number of carbonyl (C=O) groups excluding carboxylic acids is 3. The second-order valence-corrected chi connectivity index (χ2v) is 8.47. The van der Waals surface area contributed by atoms with E-state index in [0.29, 0.717) is 6.42 Å². The normalized spacial score (nSPS) is 31.2. The molecule has 164 valence electrons. The van der Waals surface area contributed by atoms with Crippen LogP contribution in [0.1, 0.15) is 32.1 Å². The van der Waals surface area contributed by atoms with Crippen molar-refractivity contribution in [2.75, 3.05) is 13.1 Å². The Labute approximate surface area is 165 Å². The van der Waals surface area contributed by atoms with Gasteiger partial charge >= 0.3 is 16.4 Å². The van der Waals surface area contributed by atoms with Gasteiger partial charge in [0.25, 0.3) is 5.92 Å². The molecule has 0 spiro atoms. The Kier molecular flexibility index (Phi) is 5.82. The van der Waals surface area contributed by atoms with Gasteiger partial charge in [0.1, 0.15) is 17.9 Å². The number of nitrogens with zero attached hydrogens (tertiary/aromatic N) is 2. The molecule has 3 fully saturated rings. The third kappa shape index (κ3) is 4.49. The van der Waals surface area contributed by atoms with E-state index < -0.39 is 53.3 Å². The summed E-state index contributed by atoms with van der Waals surface area (Å²) in [5.74, 6) is -4.93. The maximum Gasteiger partial charge on any atom is 0.418 e. The Hall–Kier alpha value is -1.90. The van der Waals surface area contributed by atoms with E-state index >= 15 is 0 Å². The molecule has 2 saturated heterocycles. The number of alkyl halides is 2. The molecule has 2 heterocycles. The summed E-state index contributed by atoms with van der Waals surface area (Å²) in [4.78, 5) is 37.5. The molecule has 3 amide bonds. The zero-order valence-corrected chi connectivity index (χ0v) is 16.1. The van der Waals surface area contributed by atoms with E-state index in [0.717, 1.165) is 17.7 Å². The first kappa shape index (κ1) is 21.8. The number of amides is 3. The van der Waals surface area contributed by atoms with E-state index in [1.807, 2.05) is 0 Å². The third-order valence-corrected chi connectivity index (χ3v) is 5.90. The second-order valence-electron chi connectivity index (χ2n) is 7.47. The van der Waals surface area contributed by atoms with E-state index in [4.69, 9.17) is 10.3 Å². The molecule has 2 bridgehead atoms. The van der Waals surface area contributed by atoms with Crippen LogP contribution in [-0.2, 0) is 24.3 Å². The minimum Gasteiger partial charge on any atom is -0.354 e. The van der Waals surface area contributed by atoms with E-state index in [-0.39, 0.29) is 35.8 Å². The van der Waals surface area contributed by atoms with Gasteiger partial charge in [-0.2, -0.15) is 13.5 Å². The predicted octanol–water partition coefficient (Wildman–Crippen LogP) is -0.563. The Morgan fingerprint density at radius 2 is 2.03 bits per heavy atom. The first-order valence-electron chi connectivity index (χ1n) is 9.11. The fourth-order valence-corrected chi connectivity index (χ4v) is 4.46. The predicted molar refractivity (Wildman–Crippen MR) is 91.7 cm³/mol. The zero-order valence-electron chi connectivity index (χ0n) is 15.3. The van der Waals surface area contributed by atoms with Crippen molar-refractivity contribution in [1.82, 2.24) is 15.3 Å². The van der Waals surface area contributed by atoms with Crippen molar-refractivity contribution in [2.45, 2.75) is 56.2 Å². The van der Waals surface area contributed by atoms with Crippen LogP contribution < -0.4 is 11.1 Å². The molecule has 29 heavy (non-hydrogen) atoms. The Balaban J connectivity index is 1.61. The van der Waals surface area contributed by atoms with Gasteiger partial charge in [-0.1, -0.05) is 6.42 Å². The van der Waals surface area contributed by atoms with Gasteiger partial charge in [-0.15, -0.1) is 4.28 Å². The molecule has 11 nitrogen and oxygen atoms in total. The smallest absolute Gasteiger partial charge is 0.354 e. The van der Waals surface area contributed by atoms with Crippen LogP contribution in [-0.4, -0.2) is 77.8 Å². The number of hydroxylamine groups is 2. The summed E-state index contributed by atoms with van der Waals surface area (Å²) in [6.07, 6.45) is 1.21. The quantitative estimate of drug-likeness (QED) is 0.444. The number of hydrogen-bond acceptors (Lipinski definition) is 7. The minimum absolute atomic E-state index is 0.0121. The lowest BCUT2D eigenvalue weighted by Crippen LogP contribution is -2.56. The molecule has 0 aromatic carbocycles. The monoisotopic (exact) mass is 440 g/mol. The maximum atomic E-state index is 14.4. The zero-order chi connectivity index (χ0) is 21.6. The number of hydrogen-bond donors (Lipinski definition) is 3. The van der Waals surface area contributed by atoms with Gasteiger partial charge in [0.05, 0.1) is 6.54 Å². The number of piperidine rings is 1. The Morgan fingerprint density at radius 3 is 2.62 bits per heavy atom. The molecule has 3 rings (SSSR count). The van der Waals surface area contributed by atoms with Crippen LogP contribution in [0, 0.1) is 5.92 Å². The summed E-state index contributed by atoms with van der Waals surface area (Å²) < 4.78 is 63.1. The highest BCUT2D eigenvalue weighted by Gasteiger charge is 2.62. The van der Waals surface area contributed by atoms with Crippen LogP contribution in [0.25, 0.3) is 0 Å². The SMILES string of the molecule is NC1CCCC1C(=O)CCNC(=O)[C@@H]1CC(F)(F)[C@@H]2CN1C(=O)N2OS(=O)(=O)O. The van der Waals surface area contributed by atoms with Gasteiger partial charge in [0.15, 0.2) is 0 Å². The molecular formula is C15H22F2N4O7S. The van der Waals surface area contributed by atoms with Crippen molar-refractivity contribution in [3.8, 4) is 0 Å². The topological polar surface area (TPSA) is 159 Å². The molecule has 2 aliphatic heterocycles. The van der Waals surface area contributed by atoms with E-state index in [1.165, 1.54) is 0 Å². The van der Waals surface area contributed by atoms with Crippen LogP contribution in [0.15, 0.2) is 0 Å². The van der Waals surface area contributed by atoms with Crippen LogP contribution >= 0.6 is 0 Å². The number of fused-ring (bicyclic) bond motifs is 2. The van der Waals surface area contributed by atoms with E-state index in [2.05, 4.69) is 9.60 Å². The standard InChI is InChI=1S/C15H22F2N4O7S/c16-15(17)6-10(20-7-12(15)21(14(20)24)28-29(25,26)27)13(23)19-5-4-11(22)8-2-1-3-9(8)18/h8-10,12H,1-7,18H2,(H,19,23)(H,25,26,27)/t8?,9?,10-,12-/m0/s1. The molecule has 1 aliphatic carbocycles. The fourth-order valence-electron chi connectivity index (χ4n) is 4.09. The summed E-state index contributed by atoms with van der Waals surface area (Å²) in [5, 5.41) is 2.24. The highest BCUT2D eigenvalue weighted by molar-refractivity contribution is 7.80. The third-order valence-electron chi connectivity index (χ3n) is 5.55. The molecular weight excluding hydrogens is 418 g/mol. The van der Waals surface area contributed by atoms with E-state index in [1.54, 1.807) is 0 Å². The fraction of sp³-hybridized carbons (Fsp3) is 0.800. The number of nitrogens with two attached hydrogens (primary N) is 1. The second kappa shape index (κ2) is 7.74. The van der Waals surface area contributed by atoms with Crippen molar-refractivity contribution in [3.05, 3.63) is 0 Å². The number of halogens is 2. The lowest BCUT2D eigenvalue weighted by Gasteiger charge is -2.34. The molecule has 14 heteroatoms. The van der Waals surface area contributed by atoms with Crippen molar-refractivity contribution >= 4 is 28.1 Å². The lowest BCUT2D eigenvalue weighted by atomic mass is 9.95. The largest absolute Gasteiger partial charge is 0.418 e. The molecule has 3 aliphatic rings. The number of nitrogens with one attached hydrogen (secondary N) is 1. The van der Waals surface area contributed by atoms with Gasteiger partial charge < -0.3 is 16.0 Å². The van der Waals surface area contributed by atoms with Crippen LogP contribution in [0.2, 0.25) is 0 Å². The molecule has 4 N–H and O–H groups in total. The average molecular weight is 440 g/mol. The van der Waals surface area contributed by atoms with Crippen LogP contribution in [0.4, 0.5) is 13.6 Å². The summed E-state index contributed by atoms with van der Waals surface area (Å²) in [5.41, 5.74) is 5.86. The average Bonchev–Trinajstić information content (AvgIpc) is 3.14. The first-order chi connectivity index (χ1) is 13.4. The van der Waals surface area contributed by atoms with Crippen molar-refractivity contribution in [3.63, 3.8) is 0 Å². The number of rotatable bonds is 7. The Bertz CT molecular complexity index is 808. The van der Waals surface area contributed by atoms with Gasteiger partial charge in [0, 0.05) is 31.3 Å². The summed E-state index contributed by atoms with van der Waals surface area (Å²) in [7, 11) is -5.21. The van der Waals surface area contributed by atoms with Gasteiger partial charge in [-0.25, -0.2) is 13.6 Å². The Morgan fingerprint density at radius 1 is 1.34 bits per heavy atom. The van der Waals surface area contributed by atoms with Crippen LogP contribution in [0.5, 0.6) is 0 Å². The highest BCUT2D eigenvalue weighted by Crippen LogP contribution is 2.41. The summed E-state index contributed by atoms with van der Waals surface area (Å²) in [6.45, 7) is -0.755. The summed E-state index contributed by atoms with van der Waals surface area (Å²) in [6, 6.07) is -5.04. The molecule has 1 saturated carbocycles. The minimum atomic E-state index is -5.21. The van der Waals surface area contributed by atoms with Crippen molar-refractivity contribution in [1.29, 1.82) is 0 Å². The molecule has 4 atom stereocenters. The highest BCUT2D eigenvalue weighted by atomic mass is 32.3. The maximum absolute atomic E-state index is 14.4. The number of Topliss-reactive ketones (excluding diaryl/α,β-unsaturated/α-hetero) is 1. The van der Waals surface area contributed by atoms with Gasteiger partial charge in [-0.3, -0.25) is 14.1 Å². The van der Waals surface area contributed by atoms with Gasteiger partial charge in [-0.05, 0) is 12.8 Å². The van der Waals surface area contributed by atoms with Crippen LogP contribution in [0.3, 0.4) is 0 Å². The molecule has 0 aromatic rings.